The van der Waals surface area contributed by atoms with Gasteiger partial charge in [-0.25, -0.2) is 4.98 Å². The lowest BCUT2D eigenvalue weighted by atomic mass is 10.2. The maximum atomic E-state index is 5.61. The lowest BCUT2D eigenvalue weighted by Gasteiger charge is -2.15. The summed E-state index contributed by atoms with van der Waals surface area (Å²) in [5.41, 5.74) is 2.24. The molecule has 1 saturated heterocycles. The molecule has 1 aromatic carbocycles. The van der Waals surface area contributed by atoms with Gasteiger partial charge >= 0.3 is 0 Å². The summed E-state index contributed by atoms with van der Waals surface area (Å²) in [5.74, 6) is 0.844. The number of ether oxygens (including phenoxy) is 1. The van der Waals surface area contributed by atoms with Crippen molar-refractivity contribution in [1.29, 1.82) is 0 Å². The molecule has 0 saturated carbocycles. The van der Waals surface area contributed by atoms with Gasteiger partial charge in [0.05, 0.1) is 23.5 Å². The Morgan fingerprint density at radius 1 is 1.39 bits per heavy atom. The Kier molecular flexibility index (Phi) is 5.47. The van der Waals surface area contributed by atoms with Gasteiger partial charge in [-0.1, -0.05) is 12.1 Å². The first-order valence-corrected chi connectivity index (χ1v) is 8.33. The Morgan fingerprint density at radius 3 is 3.13 bits per heavy atom. The van der Waals surface area contributed by atoms with Crippen LogP contribution in [-0.4, -0.2) is 48.4 Å². The second-order valence-electron chi connectivity index (χ2n) is 5.80. The molecular formula is C17H25N5O. The van der Waals surface area contributed by atoms with Gasteiger partial charge in [-0.2, -0.15) is 0 Å². The normalized spacial score (nSPS) is 18.5. The van der Waals surface area contributed by atoms with E-state index in [1.54, 1.807) is 7.05 Å². The van der Waals surface area contributed by atoms with Crippen molar-refractivity contribution in [2.24, 2.45) is 4.99 Å². The molecule has 1 unspecified atom stereocenters. The van der Waals surface area contributed by atoms with Gasteiger partial charge in [-0.3, -0.25) is 4.99 Å². The zero-order valence-electron chi connectivity index (χ0n) is 13.7. The third-order valence-corrected chi connectivity index (χ3v) is 4.14. The van der Waals surface area contributed by atoms with Crippen LogP contribution in [0.2, 0.25) is 0 Å². The largest absolute Gasteiger partial charge is 0.376 e. The van der Waals surface area contributed by atoms with E-state index in [0.717, 1.165) is 57.0 Å². The summed E-state index contributed by atoms with van der Waals surface area (Å²) in [5, 5.41) is 6.68. The van der Waals surface area contributed by atoms with Crippen LogP contribution < -0.4 is 10.6 Å². The number of fused-ring (bicyclic) bond motifs is 1. The molecule has 2 aromatic rings. The van der Waals surface area contributed by atoms with Crippen LogP contribution in [0.4, 0.5) is 0 Å². The molecule has 23 heavy (non-hydrogen) atoms. The van der Waals surface area contributed by atoms with Crippen LogP contribution in [0.3, 0.4) is 0 Å². The molecule has 6 heteroatoms. The Balaban J connectivity index is 1.39. The highest BCUT2D eigenvalue weighted by Crippen LogP contribution is 2.12. The van der Waals surface area contributed by atoms with Gasteiger partial charge < -0.3 is 19.9 Å². The zero-order valence-corrected chi connectivity index (χ0v) is 13.7. The van der Waals surface area contributed by atoms with E-state index in [4.69, 9.17) is 4.74 Å². The quantitative estimate of drug-likeness (QED) is 0.484. The smallest absolute Gasteiger partial charge is 0.191 e. The standard InChI is InChI=1S/C17H25N5O/c1-18-17(20-12-14-6-4-11-23-14)19-9-5-10-22-13-21-15-7-2-3-8-16(15)22/h2-3,7-8,13-14H,4-6,9-12H2,1H3,(H2,18,19,20). The van der Waals surface area contributed by atoms with Crippen molar-refractivity contribution in [1.82, 2.24) is 20.2 Å². The van der Waals surface area contributed by atoms with Gasteiger partial charge in [0.2, 0.25) is 0 Å². The van der Waals surface area contributed by atoms with Crippen molar-refractivity contribution in [3.8, 4) is 0 Å². The van der Waals surface area contributed by atoms with Crippen LogP contribution in [0.1, 0.15) is 19.3 Å². The molecular weight excluding hydrogens is 290 g/mol. The van der Waals surface area contributed by atoms with Gasteiger partial charge in [-0.15, -0.1) is 0 Å². The number of imidazole rings is 1. The molecule has 3 rings (SSSR count). The van der Waals surface area contributed by atoms with Gasteiger partial charge in [0.25, 0.3) is 0 Å². The summed E-state index contributed by atoms with van der Waals surface area (Å²) in [6.45, 7) is 3.52. The van der Waals surface area contributed by atoms with E-state index in [1.165, 1.54) is 5.52 Å². The number of para-hydroxylation sites is 2. The Bertz CT molecular complexity index is 645. The van der Waals surface area contributed by atoms with E-state index in [9.17, 15) is 0 Å². The minimum absolute atomic E-state index is 0.325. The lowest BCUT2D eigenvalue weighted by molar-refractivity contribution is 0.114. The minimum atomic E-state index is 0.325. The van der Waals surface area contributed by atoms with Crippen molar-refractivity contribution < 1.29 is 4.74 Å². The van der Waals surface area contributed by atoms with Crippen molar-refractivity contribution >= 4 is 17.0 Å². The van der Waals surface area contributed by atoms with E-state index in [-0.39, 0.29) is 0 Å². The van der Waals surface area contributed by atoms with Gasteiger partial charge in [0.1, 0.15) is 0 Å². The number of nitrogens with one attached hydrogen (secondary N) is 2. The second-order valence-corrected chi connectivity index (χ2v) is 5.80. The number of guanidine groups is 1. The number of hydrogen-bond donors (Lipinski definition) is 2. The molecule has 1 atom stereocenters. The molecule has 0 amide bonds. The molecule has 2 heterocycles. The maximum Gasteiger partial charge on any atom is 0.191 e. The van der Waals surface area contributed by atoms with Gasteiger partial charge in [0, 0.05) is 33.3 Å². The predicted molar refractivity (Wildman–Crippen MR) is 92.7 cm³/mol. The van der Waals surface area contributed by atoms with Crippen LogP contribution >= 0.6 is 0 Å². The first-order chi connectivity index (χ1) is 11.4. The van der Waals surface area contributed by atoms with Gasteiger partial charge in [-0.05, 0) is 31.4 Å². The third-order valence-electron chi connectivity index (χ3n) is 4.14. The Hall–Kier alpha value is -2.08. The summed E-state index contributed by atoms with van der Waals surface area (Å²) in [6.07, 6.45) is 5.55. The molecule has 2 N–H and O–H groups in total. The SMILES string of the molecule is CN=C(NCCCn1cnc2ccccc21)NCC1CCCO1. The van der Waals surface area contributed by atoms with E-state index < -0.39 is 0 Å². The van der Waals surface area contributed by atoms with Crippen LogP contribution in [0.5, 0.6) is 0 Å². The summed E-state index contributed by atoms with van der Waals surface area (Å²) in [6, 6.07) is 8.22. The average molecular weight is 315 g/mol. The first-order valence-electron chi connectivity index (χ1n) is 8.33. The molecule has 6 nitrogen and oxygen atoms in total. The molecule has 1 aliphatic rings. The molecule has 0 spiro atoms. The van der Waals surface area contributed by atoms with E-state index in [2.05, 4.69) is 37.3 Å². The predicted octanol–water partition coefficient (Wildman–Crippen LogP) is 1.77. The van der Waals surface area contributed by atoms with Crippen molar-refractivity contribution in [2.45, 2.75) is 31.9 Å². The topological polar surface area (TPSA) is 63.5 Å². The highest BCUT2D eigenvalue weighted by Gasteiger charge is 2.15. The fourth-order valence-electron chi connectivity index (χ4n) is 2.88. The molecule has 1 aliphatic heterocycles. The molecule has 124 valence electrons. The number of aromatic nitrogens is 2. The summed E-state index contributed by atoms with van der Waals surface area (Å²) < 4.78 is 7.80. The Morgan fingerprint density at radius 2 is 2.30 bits per heavy atom. The molecule has 0 bridgehead atoms. The summed E-state index contributed by atoms with van der Waals surface area (Å²) in [4.78, 5) is 8.67. The highest BCUT2D eigenvalue weighted by atomic mass is 16.5. The monoisotopic (exact) mass is 315 g/mol. The van der Waals surface area contributed by atoms with Crippen LogP contribution in [-0.2, 0) is 11.3 Å². The fourth-order valence-corrected chi connectivity index (χ4v) is 2.88. The number of aliphatic imine (C=N–C) groups is 1. The highest BCUT2D eigenvalue weighted by molar-refractivity contribution is 5.79. The van der Waals surface area contributed by atoms with Crippen LogP contribution in [0.25, 0.3) is 11.0 Å². The zero-order chi connectivity index (χ0) is 15.9. The van der Waals surface area contributed by atoms with E-state index in [0.29, 0.717) is 6.10 Å². The average Bonchev–Trinajstić information content (AvgIpc) is 3.24. The molecule has 1 fully saturated rings. The van der Waals surface area contributed by atoms with Crippen molar-refractivity contribution in [2.75, 3.05) is 26.7 Å². The molecule has 1 aromatic heterocycles. The van der Waals surface area contributed by atoms with E-state index in [1.807, 2.05) is 18.5 Å². The van der Waals surface area contributed by atoms with Crippen LogP contribution in [0, 0.1) is 0 Å². The number of aryl methyl sites for hydroxylation is 1. The number of nitrogens with zero attached hydrogens (tertiary/aromatic N) is 3. The fraction of sp³-hybridized carbons (Fsp3) is 0.529. The number of benzene rings is 1. The van der Waals surface area contributed by atoms with Crippen LogP contribution in [0.15, 0.2) is 35.6 Å². The first kappa shape index (κ1) is 15.8. The minimum Gasteiger partial charge on any atom is -0.376 e. The molecule has 0 radical (unpaired) electrons. The van der Waals surface area contributed by atoms with Gasteiger partial charge in [0.15, 0.2) is 5.96 Å². The molecule has 0 aliphatic carbocycles. The second kappa shape index (κ2) is 7.97. The van der Waals surface area contributed by atoms with Crippen molar-refractivity contribution in [3.63, 3.8) is 0 Å². The lowest BCUT2D eigenvalue weighted by Crippen LogP contribution is -2.41. The Labute approximate surface area is 137 Å². The maximum absolute atomic E-state index is 5.61. The third kappa shape index (κ3) is 4.22. The van der Waals surface area contributed by atoms with E-state index >= 15 is 0 Å². The number of rotatable bonds is 6. The van der Waals surface area contributed by atoms with Crippen molar-refractivity contribution in [3.05, 3.63) is 30.6 Å². The summed E-state index contributed by atoms with van der Waals surface area (Å²) in [7, 11) is 1.80. The summed E-state index contributed by atoms with van der Waals surface area (Å²) >= 11 is 0. The number of hydrogen-bond acceptors (Lipinski definition) is 3.